The number of ether oxygens (including phenoxy) is 1. The molecular formula is C16H22O2. The molecule has 0 amide bonds. The van der Waals surface area contributed by atoms with E-state index in [1.807, 2.05) is 6.92 Å². The predicted octanol–water partition coefficient (Wildman–Crippen LogP) is 3.65. The second kappa shape index (κ2) is 4.11. The third-order valence-electron chi connectivity index (χ3n) is 4.97. The lowest BCUT2D eigenvalue weighted by Gasteiger charge is -2.37. The second-order valence-electron chi connectivity index (χ2n) is 6.06. The largest absolute Gasteiger partial charge is 0.496 e. The van der Waals surface area contributed by atoms with E-state index in [4.69, 9.17) is 4.74 Å². The molecule has 1 fully saturated rings. The first-order valence-corrected chi connectivity index (χ1v) is 6.51. The van der Waals surface area contributed by atoms with Crippen LogP contribution in [0.25, 0.3) is 0 Å². The molecule has 1 aromatic rings. The summed E-state index contributed by atoms with van der Waals surface area (Å²) >= 11 is 0. The van der Waals surface area contributed by atoms with Crippen LogP contribution in [0.3, 0.4) is 0 Å². The van der Waals surface area contributed by atoms with Crippen LogP contribution in [-0.2, 0) is 10.2 Å². The highest BCUT2D eigenvalue weighted by Crippen LogP contribution is 2.52. The molecule has 1 aromatic carbocycles. The summed E-state index contributed by atoms with van der Waals surface area (Å²) in [6, 6.07) is 6.31. The van der Waals surface area contributed by atoms with Gasteiger partial charge < -0.3 is 4.74 Å². The van der Waals surface area contributed by atoms with Gasteiger partial charge in [-0.3, -0.25) is 4.79 Å². The van der Waals surface area contributed by atoms with E-state index in [2.05, 4.69) is 39.0 Å². The number of hydrogen-bond acceptors (Lipinski definition) is 2. The van der Waals surface area contributed by atoms with Crippen LogP contribution >= 0.6 is 0 Å². The van der Waals surface area contributed by atoms with Gasteiger partial charge >= 0.3 is 0 Å². The molecule has 1 aliphatic rings. The molecule has 0 heterocycles. The van der Waals surface area contributed by atoms with Crippen molar-refractivity contribution in [2.24, 2.45) is 5.41 Å². The SMILES string of the molecule is COc1cc([C@@]2(C)CCC(=O)C2(C)C)ccc1C. The van der Waals surface area contributed by atoms with Crippen LogP contribution in [-0.4, -0.2) is 12.9 Å². The van der Waals surface area contributed by atoms with Crippen LogP contribution in [0.1, 0.15) is 44.7 Å². The van der Waals surface area contributed by atoms with Crippen molar-refractivity contribution in [3.05, 3.63) is 29.3 Å². The van der Waals surface area contributed by atoms with Gasteiger partial charge in [0.05, 0.1) is 7.11 Å². The van der Waals surface area contributed by atoms with E-state index in [-0.39, 0.29) is 10.8 Å². The summed E-state index contributed by atoms with van der Waals surface area (Å²) < 4.78 is 5.40. The first kappa shape index (κ1) is 13.1. The summed E-state index contributed by atoms with van der Waals surface area (Å²) in [7, 11) is 1.69. The zero-order valence-electron chi connectivity index (χ0n) is 12.0. The lowest BCUT2D eigenvalue weighted by atomic mass is 9.65. The molecule has 0 spiro atoms. The average molecular weight is 246 g/mol. The van der Waals surface area contributed by atoms with Gasteiger partial charge in [-0.15, -0.1) is 0 Å². The highest BCUT2D eigenvalue weighted by Gasteiger charge is 2.52. The molecule has 0 saturated heterocycles. The van der Waals surface area contributed by atoms with E-state index in [1.165, 1.54) is 5.56 Å². The quantitative estimate of drug-likeness (QED) is 0.796. The maximum atomic E-state index is 12.1. The smallest absolute Gasteiger partial charge is 0.139 e. The minimum atomic E-state index is -0.298. The third-order valence-corrected chi connectivity index (χ3v) is 4.97. The van der Waals surface area contributed by atoms with Gasteiger partial charge in [0.1, 0.15) is 11.5 Å². The second-order valence-corrected chi connectivity index (χ2v) is 6.06. The number of carbonyl (C=O) groups is 1. The molecule has 2 rings (SSSR count). The summed E-state index contributed by atoms with van der Waals surface area (Å²) in [5, 5.41) is 0. The van der Waals surface area contributed by atoms with Gasteiger partial charge in [-0.1, -0.05) is 32.9 Å². The number of hydrogen-bond donors (Lipinski definition) is 0. The van der Waals surface area contributed by atoms with Crippen molar-refractivity contribution in [2.45, 2.75) is 46.0 Å². The van der Waals surface area contributed by atoms with E-state index in [9.17, 15) is 4.79 Å². The first-order valence-electron chi connectivity index (χ1n) is 6.51. The fourth-order valence-electron chi connectivity index (χ4n) is 2.96. The summed E-state index contributed by atoms with van der Waals surface area (Å²) in [4.78, 5) is 12.1. The maximum absolute atomic E-state index is 12.1. The zero-order chi connectivity index (χ0) is 13.6. The normalized spacial score (nSPS) is 26.4. The standard InChI is InChI=1S/C16H22O2/c1-11-6-7-12(10-13(11)18-5)16(4)9-8-14(17)15(16,2)3/h6-7,10H,8-9H2,1-5H3/t16-/m1/s1. The van der Waals surface area contributed by atoms with Gasteiger partial charge in [0.2, 0.25) is 0 Å². The molecule has 0 bridgehead atoms. The number of carbonyl (C=O) groups excluding carboxylic acids is 1. The van der Waals surface area contributed by atoms with Crippen LogP contribution in [0.4, 0.5) is 0 Å². The van der Waals surface area contributed by atoms with Crippen molar-refractivity contribution in [1.82, 2.24) is 0 Å². The van der Waals surface area contributed by atoms with Crippen molar-refractivity contribution in [2.75, 3.05) is 7.11 Å². The molecule has 2 heteroatoms. The topological polar surface area (TPSA) is 26.3 Å². The van der Waals surface area contributed by atoms with E-state index in [0.29, 0.717) is 12.2 Å². The number of ketones is 1. The molecule has 0 unspecified atom stereocenters. The Morgan fingerprint density at radius 1 is 1.22 bits per heavy atom. The van der Waals surface area contributed by atoms with Crippen molar-refractivity contribution < 1.29 is 9.53 Å². The van der Waals surface area contributed by atoms with Crippen LogP contribution in [0.15, 0.2) is 18.2 Å². The summed E-state index contributed by atoms with van der Waals surface area (Å²) in [5.74, 6) is 1.27. The van der Waals surface area contributed by atoms with Crippen LogP contribution in [0.2, 0.25) is 0 Å². The molecule has 1 aliphatic carbocycles. The molecular weight excluding hydrogens is 224 g/mol. The van der Waals surface area contributed by atoms with Gasteiger partial charge in [0.25, 0.3) is 0 Å². The summed E-state index contributed by atoms with van der Waals surface area (Å²) in [6.07, 6.45) is 1.60. The number of Topliss-reactive ketones (excluding diaryl/α,β-unsaturated/α-hetero) is 1. The van der Waals surface area contributed by atoms with Crippen molar-refractivity contribution >= 4 is 5.78 Å². The van der Waals surface area contributed by atoms with Crippen molar-refractivity contribution in [3.8, 4) is 5.75 Å². The molecule has 0 radical (unpaired) electrons. The van der Waals surface area contributed by atoms with E-state index in [0.717, 1.165) is 17.7 Å². The monoisotopic (exact) mass is 246 g/mol. The molecule has 1 saturated carbocycles. The Morgan fingerprint density at radius 2 is 1.89 bits per heavy atom. The first-order chi connectivity index (χ1) is 8.33. The molecule has 0 aromatic heterocycles. The highest BCUT2D eigenvalue weighted by molar-refractivity contribution is 5.88. The minimum Gasteiger partial charge on any atom is -0.496 e. The lowest BCUT2D eigenvalue weighted by molar-refractivity contribution is -0.125. The summed E-state index contributed by atoms with van der Waals surface area (Å²) in [6.45, 7) is 8.36. The van der Waals surface area contributed by atoms with Gasteiger partial charge in [-0.2, -0.15) is 0 Å². The Hall–Kier alpha value is -1.31. The molecule has 18 heavy (non-hydrogen) atoms. The average Bonchev–Trinajstić information content (AvgIpc) is 2.54. The fraction of sp³-hybridized carbons (Fsp3) is 0.562. The molecule has 98 valence electrons. The van der Waals surface area contributed by atoms with Crippen molar-refractivity contribution in [1.29, 1.82) is 0 Å². The lowest BCUT2D eigenvalue weighted by Crippen LogP contribution is -2.38. The minimum absolute atomic E-state index is 0.0922. The molecule has 2 nitrogen and oxygen atoms in total. The molecule has 0 N–H and O–H groups in total. The van der Waals surface area contributed by atoms with Crippen LogP contribution < -0.4 is 4.74 Å². The van der Waals surface area contributed by atoms with Crippen molar-refractivity contribution in [3.63, 3.8) is 0 Å². The Morgan fingerprint density at radius 3 is 2.39 bits per heavy atom. The third kappa shape index (κ3) is 1.66. The Bertz CT molecular complexity index is 488. The number of benzene rings is 1. The Labute approximate surface area is 109 Å². The highest BCUT2D eigenvalue weighted by atomic mass is 16.5. The van der Waals surface area contributed by atoms with Gasteiger partial charge in [0, 0.05) is 17.3 Å². The van der Waals surface area contributed by atoms with Gasteiger partial charge in [-0.05, 0) is 30.5 Å². The Kier molecular flexibility index (Phi) is 3.00. The number of rotatable bonds is 2. The maximum Gasteiger partial charge on any atom is 0.139 e. The Balaban J connectivity index is 2.52. The fourth-order valence-corrected chi connectivity index (χ4v) is 2.96. The van der Waals surface area contributed by atoms with E-state index >= 15 is 0 Å². The predicted molar refractivity (Wildman–Crippen MR) is 73.1 cm³/mol. The molecule has 0 aliphatic heterocycles. The van der Waals surface area contributed by atoms with E-state index in [1.54, 1.807) is 7.11 Å². The van der Waals surface area contributed by atoms with E-state index < -0.39 is 0 Å². The zero-order valence-corrected chi connectivity index (χ0v) is 12.0. The number of aryl methyl sites for hydroxylation is 1. The summed E-state index contributed by atoms with van der Waals surface area (Å²) in [5.41, 5.74) is 1.95. The molecule has 1 atom stereocenters. The van der Waals surface area contributed by atoms with Crippen LogP contribution in [0, 0.1) is 12.3 Å². The number of methoxy groups -OCH3 is 1. The van der Waals surface area contributed by atoms with Gasteiger partial charge in [-0.25, -0.2) is 0 Å². The van der Waals surface area contributed by atoms with Gasteiger partial charge in [0.15, 0.2) is 0 Å². The van der Waals surface area contributed by atoms with Crippen LogP contribution in [0.5, 0.6) is 5.75 Å².